The molecule has 1 aromatic heterocycles. The molecule has 0 radical (unpaired) electrons. The molecule has 0 aromatic carbocycles. The molecule has 0 atom stereocenters. The Morgan fingerprint density at radius 2 is 2.38 bits per heavy atom. The Morgan fingerprint density at radius 1 is 1.62 bits per heavy atom. The fourth-order valence-corrected chi connectivity index (χ4v) is 2.23. The highest BCUT2D eigenvalue weighted by atomic mass is 32.1. The lowest BCUT2D eigenvalue weighted by Crippen LogP contribution is -2.30. The Balaban J connectivity index is 2.14. The molecule has 1 aliphatic rings. The number of thiocarbonyl (C=S) groups is 1. The average Bonchev–Trinajstić information content (AvgIpc) is 2.23. The minimum atomic E-state index is 0.442. The van der Waals surface area contributed by atoms with Gasteiger partial charge in [-0.2, -0.15) is 0 Å². The van der Waals surface area contributed by atoms with Crippen molar-refractivity contribution in [3.63, 3.8) is 0 Å². The van der Waals surface area contributed by atoms with Crippen LogP contribution in [0.15, 0.2) is 18.5 Å². The fourth-order valence-electron chi connectivity index (χ4n) is 2.06. The van der Waals surface area contributed by atoms with E-state index < -0.39 is 0 Å². The molecule has 1 heterocycles. The normalized spacial score (nSPS) is 15.6. The first kappa shape index (κ1) is 11.3. The van der Waals surface area contributed by atoms with Crippen molar-refractivity contribution < 1.29 is 0 Å². The summed E-state index contributed by atoms with van der Waals surface area (Å²) in [6.07, 6.45) is 7.62. The van der Waals surface area contributed by atoms with E-state index in [4.69, 9.17) is 18.0 Å². The van der Waals surface area contributed by atoms with Crippen LogP contribution in [0.2, 0.25) is 0 Å². The van der Waals surface area contributed by atoms with Crippen molar-refractivity contribution in [2.24, 2.45) is 11.7 Å². The third-order valence-corrected chi connectivity index (χ3v) is 3.45. The second-order valence-corrected chi connectivity index (χ2v) is 4.87. The van der Waals surface area contributed by atoms with Gasteiger partial charge in [-0.05, 0) is 24.8 Å². The van der Waals surface area contributed by atoms with Crippen molar-refractivity contribution in [1.82, 2.24) is 4.98 Å². The van der Waals surface area contributed by atoms with Crippen LogP contribution in [0, 0.1) is 5.92 Å². The van der Waals surface area contributed by atoms with E-state index in [1.807, 2.05) is 12.3 Å². The minimum Gasteiger partial charge on any atom is -0.389 e. The van der Waals surface area contributed by atoms with Gasteiger partial charge < -0.3 is 10.6 Å². The molecule has 0 bridgehead atoms. The van der Waals surface area contributed by atoms with Gasteiger partial charge in [0.05, 0.1) is 11.9 Å². The van der Waals surface area contributed by atoms with Crippen LogP contribution in [0.3, 0.4) is 0 Å². The van der Waals surface area contributed by atoms with E-state index >= 15 is 0 Å². The molecule has 16 heavy (non-hydrogen) atoms. The van der Waals surface area contributed by atoms with Crippen LogP contribution in [-0.4, -0.2) is 23.6 Å². The van der Waals surface area contributed by atoms with Crippen molar-refractivity contribution in [1.29, 1.82) is 0 Å². The number of pyridine rings is 1. The van der Waals surface area contributed by atoms with Gasteiger partial charge in [0, 0.05) is 25.4 Å². The van der Waals surface area contributed by atoms with Crippen molar-refractivity contribution >= 4 is 22.9 Å². The smallest absolute Gasteiger partial charge is 0.106 e. The molecule has 0 saturated heterocycles. The van der Waals surface area contributed by atoms with Gasteiger partial charge in [-0.1, -0.05) is 18.6 Å². The number of anilines is 1. The van der Waals surface area contributed by atoms with Gasteiger partial charge in [-0.15, -0.1) is 0 Å². The first-order chi connectivity index (χ1) is 7.68. The lowest BCUT2D eigenvalue weighted by molar-refractivity contribution is 0.321. The summed E-state index contributed by atoms with van der Waals surface area (Å²) in [6, 6.07) is 1.88. The summed E-state index contributed by atoms with van der Waals surface area (Å²) in [6.45, 7) is 1.07. The first-order valence-electron chi connectivity index (χ1n) is 5.63. The molecule has 1 aromatic rings. The van der Waals surface area contributed by atoms with Crippen LogP contribution in [0.1, 0.15) is 24.8 Å². The number of aromatic nitrogens is 1. The Hall–Kier alpha value is -1.16. The van der Waals surface area contributed by atoms with Crippen LogP contribution in [0.4, 0.5) is 5.69 Å². The summed E-state index contributed by atoms with van der Waals surface area (Å²) >= 11 is 5.05. The quantitative estimate of drug-likeness (QED) is 0.810. The maximum absolute atomic E-state index is 5.71. The summed E-state index contributed by atoms with van der Waals surface area (Å²) in [4.78, 5) is 6.80. The molecule has 4 heteroatoms. The SMILES string of the molecule is CN(CC1CCC1)c1cnccc1C(N)=S. The number of hydrogen-bond acceptors (Lipinski definition) is 3. The average molecular weight is 235 g/mol. The topological polar surface area (TPSA) is 42.2 Å². The summed E-state index contributed by atoms with van der Waals surface area (Å²) in [5.74, 6) is 0.824. The molecule has 0 amide bonds. The molecule has 1 saturated carbocycles. The Labute approximate surface area is 102 Å². The van der Waals surface area contributed by atoms with Crippen molar-refractivity contribution in [2.75, 3.05) is 18.5 Å². The third-order valence-electron chi connectivity index (χ3n) is 3.23. The van der Waals surface area contributed by atoms with Gasteiger partial charge in [-0.3, -0.25) is 4.98 Å². The zero-order valence-electron chi connectivity index (χ0n) is 9.52. The van der Waals surface area contributed by atoms with Gasteiger partial charge in [0.15, 0.2) is 0 Å². The largest absolute Gasteiger partial charge is 0.389 e. The van der Waals surface area contributed by atoms with Gasteiger partial charge in [0.25, 0.3) is 0 Å². The van der Waals surface area contributed by atoms with Gasteiger partial charge in [0.2, 0.25) is 0 Å². The Kier molecular flexibility index (Phi) is 3.39. The minimum absolute atomic E-state index is 0.442. The molecule has 0 aliphatic heterocycles. The second kappa shape index (κ2) is 4.78. The van der Waals surface area contributed by atoms with E-state index in [-0.39, 0.29) is 0 Å². The highest BCUT2D eigenvalue weighted by molar-refractivity contribution is 7.80. The van der Waals surface area contributed by atoms with E-state index in [0.29, 0.717) is 4.99 Å². The second-order valence-electron chi connectivity index (χ2n) is 4.43. The molecule has 1 fully saturated rings. The molecule has 2 N–H and O–H groups in total. The Morgan fingerprint density at radius 3 is 2.94 bits per heavy atom. The summed E-state index contributed by atoms with van der Waals surface area (Å²) in [5, 5.41) is 0. The van der Waals surface area contributed by atoms with Crippen molar-refractivity contribution in [3.8, 4) is 0 Å². The summed E-state index contributed by atoms with van der Waals surface area (Å²) < 4.78 is 0. The van der Waals surface area contributed by atoms with E-state index in [2.05, 4.69) is 16.9 Å². The van der Waals surface area contributed by atoms with Crippen molar-refractivity contribution in [3.05, 3.63) is 24.0 Å². The standard InChI is InChI=1S/C12H17N3S/c1-15(8-9-3-2-4-9)11-7-14-6-5-10(11)12(13)16/h5-7,9H,2-4,8H2,1H3,(H2,13,16). The Bertz CT molecular complexity index is 388. The maximum Gasteiger partial charge on any atom is 0.106 e. The molecule has 0 spiro atoms. The van der Waals surface area contributed by atoms with Gasteiger partial charge in [-0.25, -0.2) is 0 Å². The van der Waals surface area contributed by atoms with E-state index in [1.165, 1.54) is 19.3 Å². The number of hydrogen-bond donors (Lipinski definition) is 1. The molecule has 86 valence electrons. The lowest BCUT2D eigenvalue weighted by Gasteiger charge is -2.31. The first-order valence-corrected chi connectivity index (χ1v) is 6.04. The maximum atomic E-state index is 5.71. The molecule has 1 aliphatic carbocycles. The van der Waals surface area contributed by atoms with Crippen LogP contribution < -0.4 is 10.6 Å². The predicted octanol–water partition coefficient (Wildman–Crippen LogP) is 1.95. The number of nitrogens with two attached hydrogens (primary N) is 1. The number of rotatable bonds is 4. The summed E-state index contributed by atoms with van der Waals surface area (Å²) in [5.41, 5.74) is 7.67. The molecular formula is C12H17N3S. The highest BCUT2D eigenvalue weighted by Crippen LogP contribution is 2.29. The van der Waals surface area contributed by atoms with Gasteiger partial charge >= 0.3 is 0 Å². The fraction of sp³-hybridized carbons (Fsp3) is 0.500. The molecular weight excluding hydrogens is 218 g/mol. The zero-order valence-corrected chi connectivity index (χ0v) is 10.3. The van der Waals surface area contributed by atoms with Gasteiger partial charge in [0.1, 0.15) is 4.99 Å². The predicted molar refractivity (Wildman–Crippen MR) is 70.7 cm³/mol. The van der Waals surface area contributed by atoms with Crippen molar-refractivity contribution in [2.45, 2.75) is 19.3 Å². The molecule has 3 nitrogen and oxygen atoms in total. The van der Waals surface area contributed by atoms with Crippen LogP contribution in [0.25, 0.3) is 0 Å². The highest BCUT2D eigenvalue weighted by Gasteiger charge is 2.20. The van der Waals surface area contributed by atoms with E-state index in [0.717, 1.165) is 23.7 Å². The van der Waals surface area contributed by atoms with E-state index in [9.17, 15) is 0 Å². The summed E-state index contributed by atoms with van der Waals surface area (Å²) in [7, 11) is 2.08. The monoisotopic (exact) mass is 235 g/mol. The van der Waals surface area contributed by atoms with Crippen LogP contribution in [-0.2, 0) is 0 Å². The third kappa shape index (κ3) is 2.32. The lowest BCUT2D eigenvalue weighted by atomic mass is 9.85. The number of nitrogens with zero attached hydrogens (tertiary/aromatic N) is 2. The molecule has 0 unspecified atom stereocenters. The zero-order chi connectivity index (χ0) is 11.5. The van der Waals surface area contributed by atoms with Crippen LogP contribution >= 0.6 is 12.2 Å². The molecule has 2 rings (SSSR count). The van der Waals surface area contributed by atoms with Crippen LogP contribution in [0.5, 0.6) is 0 Å². The van der Waals surface area contributed by atoms with E-state index in [1.54, 1.807) is 6.20 Å².